The molecule has 4 heteroatoms. The van der Waals surface area contributed by atoms with E-state index >= 15 is 0 Å². The summed E-state index contributed by atoms with van der Waals surface area (Å²) in [7, 11) is 0. The lowest BCUT2D eigenvalue weighted by Gasteiger charge is -2.27. The summed E-state index contributed by atoms with van der Waals surface area (Å²) < 4.78 is 1.00. The Labute approximate surface area is 139 Å². The number of rotatable bonds is 4. The molecule has 0 radical (unpaired) electrons. The SMILES string of the molecule is O=C(Nc1ccc(Br)cc1)C(c1ccccc1)N1CCCC1. The summed E-state index contributed by atoms with van der Waals surface area (Å²) in [4.78, 5) is 15.1. The van der Waals surface area contributed by atoms with Gasteiger partial charge < -0.3 is 5.32 Å². The molecule has 1 aliphatic rings. The predicted molar refractivity (Wildman–Crippen MR) is 92.8 cm³/mol. The van der Waals surface area contributed by atoms with Gasteiger partial charge in [0.25, 0.3) is 0 Å². The van der Waals surface area contributed by atoms with Crippen molar-refractivity contribution in [2.75, 3.05) is 18.4 Å². The molecular weight excluding hydrogens is 340 g/mol. The molecule has 1 N–H and O–H groups in total. The molecule has 1 aliphatic heterocycles. The normalized spacial score (nSPS) is 16.4. The van der Waals surface area contributed by atoms with Crippen LogP contribution < -0.4 is 5.32 Å². The molecule has 0 bridgehead atoms. The van der Waals surface area contributed by atoms with Crippen molar-refractivity contribution < 1.29 is 4.79 Å². The molecule has 0 aromatic heterocycles. The monoisotopic (exact) mass is 358 g/mol. The van der Waals surface area contributed by atoms with E-state index < -0.39 is 0 Å². The van der Waals surface area contributed by atoms with Crippen molar-refractivity contribution in [3.8, 4) is 0 Å². The number of likely N-dealkylation sites (tertiary alicyclic amines) is 1. The first-order valence-corrected chi connectivity index (χ1v) is 8.39. The fraction of sp³-hybridized carbons (Fsp3) is 0.278. The van der Waals surface area contributed by atoms with Gasteiger partial charge in [-0.1, -0.05) is 46.3 Å². The summed E-state index contributed by atoms with van der Waals surface area (Å²) >= 11 is 3.41. The van der Waals surface area contributed by atoms with E-state index in [4.69, 9.17) is 0 Å². The molecule has 22 heavy (non-hydrogen) atoms. The predicted octanol–water partition coefficient (Wildman–Crippen LogP) is 4.22. The average molecular weight is 359 g/mol. The molecule has 1 saturated heterocycles. The van der Waals surface area contributed by atoms with E-state index in [-0.39, 0.29) is 11.9 Å². The van der Waals surface area contributed by atoms with Crippen molar-refractivity contribution in [2.45, 2.75) is 18.9 Å². The minimum absolute atomic E-state index is 0.0374. The first-order valence-electron chi connectivity index (χ1n) is 7.59. The molecule has 0 spiro atoms. The molecule has 0 aliphatic carbocycles. The number of carbonyl (C=O) groups is 1. The third kappa shape index (κ3) is 3.57. The van der Waals surface area contributed by atoms with Crippen LogP contribution in [0.15, 0.2) is 59.1 Å². The Morgan fingerprint density at radius 2 is 1.64 bits per heavy atom. The van der Waals surface area contributed by atoms with E-state index in [0.717, 1.165) is 41.7 Å². The number of anilines is 1. The quantitative estimate of drug-likeness (QED) is 0.886. The highest BCUT2D eigenvalue weighted by Gasteiger charge is 2.29. The maximum absolute atomic E-state index is 12.8. The Kier molecular flexibility index (Phi) is 4.90. The Morgan fingerprint density at radius 3 is 2.27 bits per heavy atom. The highest BCUT2D eigenvalue weighted by molar-refractivity contribution is 9.10. The number of hydrogen-bond acceptors (Lipinski definition) is 2. The summed E-state index contributed by atoms with van der Waals surface area (Å²) in [5, 5.41) is 3.04. The first-order chi connectivity index (χ1) is 10.7. The number of nitrogens with one attached hydrogen (secondary N) is 1. The lowest BCUT2D eigenvalue weighted by Crippen LogP contribution is -2.35. The molecule has 1 unspecified atom stereocenters. The third-order valence-electron chi connectivity index (χ3n) is 3.98. The Morgan fingerprint density at radius 1 is 1.00 bits per heavy atom. The van der Waals surface area contributed by atoms with Crippen molar-refractivity contribution in [1.29, 1.82) is 0 Å². The van der Waals surface area contributed by atoms with Crippen molar-refractivity contribution >= 4 is 27.5 Å². The molecule has 1 atom stereocenters. The molecule has 1 amide bonds. The molecule has 0 saturated carbocycles. The van der Waals surface area contributed by atoms with Crippen LogP contribution in [0.5, 0.6) is 0 Å². The van der Waals surface area contributed by atoms with Crippen LogP contribution in [0.1, 0.15) is 24.4 Å². The molecule has 114 valence electrons. The largest absolute Gasteiger partial charge is 0.324 e. The maximum Gasteiger partial charge on any atom is 0.246 e. The number of nitrogens with zero attached hydrogens (tertiary/aromatic N) is 1. The fourth-order valence-corrected chi connectivity index (χ4v) is 3.17. The summed E-state index contributed by atoms with van der Waals surface area (Å²) in [5.74, 6) is 0.0374. The van der Waals surface area contributed by atoms with Crippen molar-refractivity contribution in [3.63, 3.8) is 0 Å². The van der Waals surface area contributed by atoms with Gasteiger partial charge in [-0.15, -0.1) is 0 Å². The van der Waals surface area contributed by atoms with E-state index in [1.54, 1.807) is 0 Å². The fourth-order valence-electron chi connectivity index (χ4n) is 2.91. The lowest BCUT2D eigenvalue weighted by atomic mass is 10.0. The molecular formula is C18H19BrN2O. The van der Waals surface area contributed by atoms with E-state index in [1.807, 2.05) is 54.6 Å². The van der Waals surface area contributed by atoms with Crippen molar-refractivity contribution in [1.82, 2.24) is 4.90 Å². The van der Waals surface area contributed by atoms with Crippen LogP contribution in [0.25, 0.3) is 0 Å². The van der Waals surface area contributed by atoms with Crippen LogP contribution in [-0.2, 0) is 4.79 Å². The second-order valence-electron chi connectivity index (χ2n) is 5.55. The summed E-state index contributed by atoms with van der Waals surface area (Å²) in [6.45, 7) is 1.96. The zero-order valence-corrected chi connectivity index (χ0v) is 13.9. The van der Waals surface area contributed by atoms with E-state index in [0.29, 0.717) is 0 Å². The summed E-state index contributed by atoms with van der Waals surface area (Å²) in [6, 6.07) is 17.5. The van der Waals surface area contributed by atoms with Gasteiger partial charge >= 0.3 is 0 Å². The van der Waals surface area contributed by atoms with Gasteiger partial charge in [0, 0.05) is 10.2 Å². The molecule has 3 nitrogen and oxygen atoms in total. The number of benzene rings is 2. The minimum atomic E-state index is -0.215. The van der Waals surface area contributed by atoms with Crippen molar-refractivity contribution in [2.24, 2.45) is 0 Å². The van der Waals surface area contributed by atoms with Gasteiger partial charge in [-0.2, -0.15) is 0 Å². The molecule has 2 aromatic carbocycles. The molecule has 1 fully saturated rings. The topological polar surface area (TPSA) is 32.3 Å². The molecule has 3 rings (SSSR count). The maximum atomic E-state index is 12.8. The van der Waals surface area contributed by atoms with E-state index in [2.05, 4.69) is 26.1 Å². The van der Waals surface area contributed by atoms with Gasteiger partial charge in [-0.25, -0.2) is 0 Å². The lowest BCUT2D eigenvalue weighted by molar-refractivity contribution is -0.121. The van der Waals surface area contributed by atoms with Crippen LogP contribution in [0, 0.1) is 0 Å². The van der Waals surface area contributed by atoms with Crippen LogP contribution in [-0.4, -0.2) is 23.9 Å². The van der Waals surface area contributed by atoms with Gasteiger partial charge in [-0.3, -0.25) is 9.69 Å². The van der Waals surface area contributed by atoms with Gasteiger partial charge in [0.15, 0.2) is 0 Å². The van der Waals surface area contributed by atoms with Gasteiger partial charge in [0.2, 0.25) is 5.91 Å². The van der Waals surface area contributed by atoms with Gasteiger partial charge in [0.1, 0.15) is 6.04 Å². The second kappa shape index (κ2) is 7.07. The summed E-state index contributed by atoms with van der Waals surface area (Å²) in [6.07, 6.45) is 2.32. The number of hydrogen-bond donors (Lipinski definition) is 1. The highest BCUT2D eigenvalue weighted by atomic mass is 79.9. The number of amides is 1. The summed E-state index contributed by atoms with van der Waals surface area (Å²) in [5.41, 5.74) is 1.88. The Balaban J connectivity index is 1.82. The molecule has 2 aromatic rings. The first kappa shape index (κ1) is 15.3. The zero-order valence-electron chi connectivity index (χ0n) is 12.3. The number of halogens is 1. The Hall–Kier alpha value is -1.65. The highest BCUT2D eigenvalue weighted by Crippen LogP contribution is 2.26. The second-order valence-corrected chi connectivity index (χ2v) is 6.47. The number of carbonyl (C=O) groups excluding carboxylic acids is 1. The van der Waals surface area contributed by atoms with Crippen molar-refractivity contribution in [3.05, 3.63) is 64.6 Å². The molecule has 1 heterocycles. The van der Waals surface area contributed by atoms with Crippen LogP contribution >= 0.6 is 15.9 Å². The van der Waals surface area contributed by atoms with Crippen LogP contribution in [0.3, 0.4) is 0 Å². The minimum Gasteiger partial charge on any atom is -0.324 e. The van der Waals surface area contributed by atoms with Crippen LogP contribution in [0.4, 0.5) is 5.69 Å². The Bertz CT molecular complexity index is 621. The van der Waals surface area contributed by atoms with E-state index in [1.165, 1.54) is 0 Å². The van der Waals surface area contributed by atoms with Gasteiger partial charge in [0.05, 0.1) is 0 Å². The van der Waals surface area contributed by atoms with E-state index in [9.17, 15) is 4.79 Å². The smallest absolute Gasteiger partial charge is 0.246 e. The van der Waals surface area contributed by atoms with Crippen LogP contribution in [0.2, 0.25) is 0 Å². The average Bonchev–Trinajstić information content (AvgIpc) is 3.05. The zero-order chi connectivity index (χ0) is 15.4. The van der Waals surface area contributed by atoms with Gasteiger partial charge in [-0.05, 0) is 55.8 Å². The standard InChI is InChI=1S/C18H19BrN2O/c19-15-8-10-16(11-9-15)20-18(22)17(21-12-4-5-13-21)14-6-2-1-3-7-14/h1-3,6-11,17H,4-5,12-13H2,(H,20,22). The third-order valence-corrected chi connectivity index (χ3v) is 4.51.